The smallest absolute Gasteiger partial charge is 0.337 e. The van der Waals surface area contributed by atoms with Crippen molar-refractivity contribution in [3.8, 4) is 0 Å². The molecule has 2 saturated carbocycles. The third kappa shape index (κ3) is 4.57. The molecule has 7 unspecified atom stereocenters. The summed E-state index contributed by atoms with van der Waals surface area (Å²) in [6.07, 6.45) is -13.2. The number of hydrogen-bond acceptors (Lipinski definition) is 1. The molecular formula is C16H22F8O. The second-order valence-electron chi connectivity index (χ2n) is 7.30. The lowest BCUT2D eigenvalue weighted by Gasteiger charge is -2.40. The maximum Gasteiger partial charge on any atom is 0.459 e. The Balaban J connectivity index is 1.91. The van der Waals surface area contributed by atoms with E-state index in [0.29, 0.717) is 12.8 Å². The second kappa shape index (κ2) is 7.56. The van der Waals surface area contributed by atoms with Gasteiger partial charge in [0.2, 0.25) is 0 Å². The molecule has 0 N–H and O–H groups in total. The van der Waals surface area contributed by atoms with Gasteiger partial charge in [-0.15, -0.1) is 0 Å². The van der Waals surface area contributed by atoms with Gasteiger partial charge in [-0.2, -0.15) is 22.0 Å². The standard InChI is InChI=1S/C16H22F8O/c1-8-2-4-10(11(17)6-8)9-3-5-13(12(18)7-9)25-14(19)15(20,21)16(22,23)24/h8-14H,2-7H2,1H3. The molecule has 0 saturated heterocycles. The molecule has 0 spiro atoms. The Morgan fingerprint density at radius 1 is 0.880 bits per heavy atom. The summed E-state index contributed by atoms with van der Waals surface area (Å²) in [4.78, 5) is 0. The number of rotatable bonds is 4. The van der Waals surface area contributed by atoms with Gasteiger partial charge in [-0.25, -0.2) is 13.2 Å². The van der Waals surface area contributed by atoms with Crippen molar-refractivity contribution < 1.29 is 39.9 Å². The summed E-state index contributed by atoms with van der Waals surface area (Å²) in [6, 6.07) is 0. The van der Waals surface area contributed by atoms with Crippen LogP contribution in [0.1, 0.15) is 45.4 Å². The molecule has 0 aromatic carbocycles. The molecule has 0 amide bonds. The van der Waals surface area contributed by atoms with Gasteiger partial charge >= 0.3 is 12.1 Å². The molecule has 0 heterocycles. The molecule has 2 aliphatic rings. The van der Waals surface area contributed by atoms with E-state index in [1.807, 2.05) is 6.92 Å². The normalized spacial score (nSPS) is 39.2. The van der Waals surface area contributed by atoms with Gasteiger partial charge in [-0.1, -0.05) is 13.3 Å². The highest BCUT2D eigenvalue weighted by atomic mass is 19.4. The van der Waals surface area contributed by atoms with Crippen molar-refractivity contribution in [3.05, 3.63) is 0 Å². The zero-order chi connectivity index (χ0) is 19.0. The minimum atomic E-state index is -6.12. The molecule has 9 heteroatoms. The summed E-state index contributed by atoms with van der Waals surface area (Å²) in [5.41, 5.74) is 0. The Bertz CT molecular complexity index is 440. The topological polar surface area (TPSA) is 9.23 Å². The molecule has 0 aromatic rings. The largest absolute Gasteiger partial charge is 0.459 e. The van der Waals surface area contributed by atoms with Crippen molar-refractivity contribution in [2.24, 2.45) is 17.8 Å². The second-order valence-corrected chi connectivity index (χ2v) is 7.30. The van der Waals surface area contributed by atoms with Gasteiger partial charge in [0, 0.05) is 0 Å². The van der Waals surface area contributed by atoms with E-state index in [2.05, 4.69) is 4.74 Å². The van der Waals surface area contributed by atoms with E-state index in [0.717, 1.165) is 6.42 Å². The molecule has 7 atom stereocenters. The van der Waals surface area contributed by atoms with Crippen molar-refractivity contribution in [2.45, 2.75) is 82.4 Å². The first-order chi connectivity index (χ1) is 11.4. The van der Waals surface area contributed by atoms with Gasteiger partial charge in [0.25, 0.3) is 6.36 Å². The van der Waals surface area contributed by atoms with Crippen LogP contribution >= 0.6 is 0 Å². The van der Waals surface area contributed by atoms with E-state index in [4.69, 9.17) is 0 Å². The molecule has 25 heavy (non-hydrogen) atoms. The number of halogens is 8. The highest BCUT2D eigenvalue weighted by molar-refractivity contribution is 4.90. The molecule has 2 fully saturated rings. The van der Waals surface area contributed by atoms with Crippen LogP contribution in [0.3, 0.4) is 0 Å². The van der Waals surface area contributed by atoms with Gasteiger partial charge in [-0.05, 0) is 49.9 Å². The van der Waals surface area contributed by atoms with Crippen molar-refractivity contribution in [1.82, 2.24) is 0 Å². The Labute approximate surface area is 141 Å². The monoisotopic (exact) mass is 382 g/mol. The van der Waals surface area contributed by atoms with E-state index >= 15 is 0 Å². The molecule has 0 aliphatic heterocycles. The van der Waals surface area contributed by atoms with Gasteiger partial charge in [0.05, 0.1) is 6.10 Å². The Hall–Kier alpha value is -0.600. The molecular weight excluding hydrogens is 360 g/mol. The summed E-state index contributed by atoms with van der Waals surface area (Å²) in [5.74, 6) is -6.15. The number of ether oxygens (including phenoxy) is 1. The minimum absolute atomic E-state index is 0.209. The average Bonchev–Trinajstić information content (AvgIpc) is 2.48. The Kier molecular flexibility index (Phi) is 6.27. The van der Waals surface area contributed by atoms with E-state index in [1.54, 1.807) is 0 Å². The fourth-order valence-electron chi connectivity index (χ4n) is 3.89. The summed E-state index contributed by atoms with van der Waals surface area (Å²) < 4.78 is 108. The van der Waals surface area contributed by atoms with Gasteiger partial charge < -0.3 is 4.74 Å². The van der Waals surface area contributed by atoms with Gasteiger partial charge in [0.15, 0.2) is 0 Å². The molecule has 0 radical (unpaired) electrons. The van der Waals surface area contributed by atoms with Crippen LogP contribution in [0.4, 0.5) is 35.1 Å². The van der Waals surface area contributed by atoms with E-state index < -0.39 is 36.9 Å². The van der Waals surface area contributed by atoms with Gasteiger partial charge in [0.1, 0.15) is 12.3 Å². The fraction of sp³-hybridized carbons (Fsp3) is 1.00. The third-order valence-electron chi connectivity index (χ3n) is 5.40. The maximum absolute atomic E-state index is 14.2. The minimum Gasteiger partial charge on any atom is -0.337 e. The van der Waals surface area contributed by atoms with Crippen molar-refractivity contribution in [3.63, 3.8) is 0 Å². The highest BCUT2D eigenvalue weighted by Crippen LogP contribution is 2.45. The zero-order valence-electron chi connectivity index (χ0n) is 13.7. The molecule has 1 nitrogen and oxygen atoms in total. The molecule has 2 rings (SSSR count). The molecule has 148 valence electrons. The molecule has 2 aliphatic carbocycles. The first kappa shape index (κ1) is 20.7. The van der Waals surface area contributed by atoms with Crippen LogP contribution in [0.25, 0.3) is 0 Å². The number of alkyl halides is 8. The average molecular weight is 382 g/mol. The van der Waals surface area contributed by atoms with E-state index in [-0.39, 0.29) is 37.0 Å². The maximum atomic E-state index is 14.2. The van der Waals surface area contributed by atoms with Crippen LogP contribution in [0.15, 0.2) is 0 Å². The van der Waals surface area contributed by atoms with Crippen molar-refractivity contribution in [2.75, 3.05) is 0 Å². The predicted octanol–water partition coefficient (Wildman–Crippen LogP) is 5.78. The van der Waals surface area contributed by atoms with Crippen LogP contribution in [-0.2, 0) is 4.74 Å². The van der Waals surface area contributed by atoms with Crippen LogP contribution in [0.2, 0.25) is 0 Å². The van der Waals surface area contributed by atoms with Crippen LogP contribution < -0.4 is 0 Å². The SMILES string of the molecule is CC1CCC(C2CCC(OC(F)C(F)(F)C(F)(F)F)C(F)C2)C(F)C1. The quantitative estimate of drug-likeness (QED) is 0.561. The van der Waals surface area contributed by atoms with Crippen molar-refractivity contribution >= 4 is 0 Å². The third-order valence-corrected chi connectivity index (χ3v) is 5.40. The highest BCUT2D eigenvalue weighted by Gasteiger charge is 2.65. The predicted molar refractivity (Wildman–Crippen MR) is 74.4 cm³/mol. The van der Waals surface area contributed by atoms with Crippen LogP contribution in [-0.4, -0.2) is 36.9 Å². The fourth-order valence-corrected chi connectivity index (χ4v) is 3.89. The van der Waals surface area contributed by atoms with E-state index in [9.17, 15) is 35.1 Å². The Morgan fingerprint density at radius 3 is 2.04 bits per heavy atom. The van der Waals surface area contributed by atoms with Crippen molar-refractivity contribution in [1.29, 1.82) is 0 Å². The lowest BCUT2D eigenvalue weighted by atomic mass is 9.69. The zero-order valence-corrected chi connectivity index (χ0v) is 13.7. The molecule has 0 aromatic heterocycles. The number of hydrogen-bond donors (Lipinski definition) is 0. The van der Waals surface area contributed by atoms with Crippen LogP contribution in [0.5, 0.6) is 0 Å². The lowest BCUT2D eigenvalue weighted by molar-refractivity contribution is -0.349. The summed E-state index contributed by atoms with van der Waals surface area (Å²) >= 11 is 0. The van der Waals surface area contributed by atoms with Crippen LogP contribution in [0, 0.1) is 17.8 Å². The summed E-state index contributed by atoms with van der Waals surface area (Å²) in [6.45, 7) is 1.92. The summed E-state index contributed by atoms with van der Waals surface area (Å²) in [7, 11) is 0. The molecule has 0 bridgehead atoms. The first-order valence-electron chi connectivity index (χ1n) is 8.45. The van der Waals surface area contributed by atoms with E-state index in [1.165, 1.54) is 0 Å². The van der Waals surface area contributed by atoms with Gasteiger partial charge in [-0.3, -0.25) is 0 Å². The lowest BCUT2D eigenvalue weighted by Crippen LogP contribution is -2.49. The first-order valence-corrected chi connectivity index (χ1v) is 8.45. The summed E-state index contributed by atoms with van der Waals surface area (Å²) in [5, 5.41) is 0. The Morgan fingerprint density at radius 2 is 1.52 bits per heavy atom.